The van der Waals surface area contributed by atoms with Crippen molar-refractivity contribution in [3.05, 3.63) is 29.8 Å². The first kappa shape index (κ1) is 14.7. The molecule has 1 aromatic carbocycles. The summed E-state index contributed by atoms with van der Waals surface area (Å²) in [4.78, 5) is 11.6. The third kappa shape index (κ3) is 5.82. The first-order chi connectivity index (χ1) is 8.76. The van der Waals surface area contributed by atoms with Crippen LogP contribution in [0.15, 0.2) is 24.3 Å². The molecular formula is C15H22O3. The molecule has 0 aliphatic rings. The first-order valence-corrected chi connectivity index (χ1v) is 6.48. The summed E-state index contributed by atoms with van der Waals surface area (Å²) in [6.07, 6.45) is 2.86. The van der Waals surface area contributed by atoms with E-state index in [0.29, 0.717) is 25.2 Å². The lowest BCUT2D eigenvalue weighted by molar-refractivity contribution is -0.119. The molecule has 0 bridgehead atoms. The molecule has 0 saturated carbocycles. The molecule has 0 heterocycles. The highest BCUT2D eigenvalue weighted by molar-refractivity contribution is 5.78. The van der Waals surface area contributed by atoms with Crippen molar-refractivity contribution in [1.82, 2.24) is 0 Å². The molecule has 0 radical (unpaired) electrons. The first-order valence-electron chi connectivity index (χ1n) is 6.48. The minimum absolute atomic E-state index is 0.311. The van der Waals surface area contributed by atoms with Gasteiger partial charge in [-0.1, -0.05) is 12.1 Å². The Labute approximate surface area is 109 Å². The highest BCUT2D eigenvalue weighted by Gasteiger charge is 2.03. The molecule has 0 spiro atoms. The Morgan fingerprint density at radius 2 is 1.89 bits per heavy atom. The molecule has 0 amide bonds. The lowest BCUT2D eigenvalue weighted by Crippen LogP contribution is -2.03. The molecular weight excluding hydrogens is 228 g/mol. The monoisotopic (exact) mass is 250 g/mol. The fourth-order valence-corrected chi connectivity index (χ4v) is 1.72. The Balaban J connectivity index is 2.20. The fourth-order valence-electron chi connectivity index (χ4n) is 1.72. The van der Waals surface area contributed by atoms with Crippen molar-refractivity contribution in [2.75, 3.05) is 20.3 Å². The van der Waals surface area contributed by atoms with Crippen LogP contribution >= 0.6 is 0 Å². The number of ketones is 1. The van der Waals surface area contributed by atoms with Crippen molar-refractivity contribution < 1.29 is 14.3 Å². The van der Waals surface area contributed by atoms with Crippen molar-refractivity contribution in [3.63, 3.8) is 0 Å². The Bertz CT molecular complexity index is 343. The van der Waals surface area contributed by atoms with E-state index in [-0.39, 0.29) is 0 Å². The van der Waals surface area contributed by atoms with E-state index >= 15 is 0 Å². The molecule has 100 valence electrons. The van der Waals surface area contributed by atoms with Crippen molar-refractivity contribution in [2.24, 2.45) is 0 Å². The minimum Gasteiger partial charge on any atom is -0.497 e. The average Bonchev–Trinajstić information content (AvgIpc) is 2.42. The van der Waals surface area contributed by atoms with E-state index in [1.165, 1.54) is 5.56 Å². The topological polar surface area (TPSA) is 35.5 Å². The summed E-state index contributed by atoms with van der Waals surface area (Å²) in [6, 6.07) is 7.86. The van der Waals surface area contributed by atoms with Gasteiger partial charge >= 0.3 is 0 Å². The van der Waals surface area contributed by atoms with Crippen LogP contribution in [0.2, 0.25) is 0 Å². The van der Waals surface area contributed by atoms with E-state index in [9.17, 15) is 4.79 Å². The lowest BCUT2D eigenvalue weighted by atomic mass is 10.1. The largest absolute Gasteiger partial charge is 0.497 e. The number of aryl methyl sites for hydroxylation is 1. The molecule has 0 aliphatic carbocycles. The summed E-state index contributed by atoms with van der Waals surface area (Å²) in [5.41, 5.74) is 1.17. The van der Waals surface area contributed by atoms with Gasteiger partial charge in [0.05, 0.1) is 7.11 Å². The Kier molecular flexibility index (Phi) is 7.11. The predicted octanol–water partition coefficient (Wildman–Crippen LogP) is 3.01. The van der Waals surface area contributed by atoms with Gasteiger partial charge in [0.2, 0.25) is 0 Å². The SMILES string of the molecule is CCOCCCC(=O)CCc1ccc(OC)cc1. The second-order valence-electron chi connectivity index (χ2n) is 4.19. The number of Topliss-reactive ketones (excluding diaryl/α,β-unsaturated/α-hetero) is 1. The van der Waals surface area contributed by atoms with Gasteiger partial charge in [0, 0.05) is 26.1 Å². The van der Waals surface area contributed by atoms with Gasteiger partial charge in [0.25, 0.3) is 0 Å². The van der Waals surface area contributed by atoms with Gasteiger partial charge in [-0.05, 0) is 37.5 Å². The number of carbonyl (C=O) groups excluding carboxylic acids is 1. The summed E-state index contributed by atoms with van der Waals surface area (Å²) in [5, 5.41) is 0. The van der Waals surface area contributed by atoms with Crippen LogP contribution in [-0.2, 0) is 16.0 Å². The van der Waals surface area contributed by atoms with Gasteiger partial charge in [-0.3, -0.25) is 4.79 Å². The van der Waals surface area contributed by atoms with Crippen molar-refractivity contribution >= 4 is 5.78 Å². The van der Waals surface area contributed by atoms with Crippen molar-refractivity contribution in [3.8, 4) is 5.75 Å². The second kappa shape index (κ2) is 8.70. The van der Waals surface area contributed by atoms with Crippen LogP contribution in [0.25, 0.3) is 0 Å². The molecule has 3 nitrogen and oxygen atoms in total. The maximum Gasteiger partial charge on any atom is 0.133 e. The molecule has 0 unspecified atom stereocenters. The molecule has 0 N–H and O–H groups in total. The van der Waals surface area contributed by atoms with Gasteiger partial charge < -0.3 is 9.47 Å². The van der Waals surface area contributed by atoms with E-state index < -0.39 is 0 Å². The Morgan fingerprint density at radius 3 is 2.50 bits per heavy atom. The van der Waals surface area contributed by atoms with Crippen LogP contribution in [0.1, 0.15) is 31.7 Å². The maximum absolute atomic E-state index is 11.6. The number of benzene rings is 1. The van der Waals surface area contributed by atoms with Crippen molar-refractivity contribution in [1.29, 1.82) is 0 Å². The summed E-state index contributed by atoms with van der Waals surface area (Å²) < 4.78 is 10.3. The summed E-state index contributed by atoms with van der Waals surface area (Å²) in [7, 11) is 1.65. The Hall–Kier alpha value is -1.35. The van der Waals surface area contributed by atoms with Crippen LogP contribution in [0.5, 0.6) is 5.75 Å². The quantitative estimate of drug-likeness (QED) is 0.632. The highest BCUT2D eigenvalue weighted by Crippen LogP contribution is 2.13. The molecule has 18 heavy (non-hydrogen) atoms. The third-order valence-corrected chi connectivity index (χ3v) is 2.80. The van der Waals surface area contributed by atoms with Crippen LogP contribution in [0.3, 0.4) is 0 Å². The van der Waals surface area contributed by atoms with Crippen LogP contribution in [0.4, 0.5) is 0 Å². The molecule has 1 rings (SSSR count). The van der Waals surface area contributed by atoms with Crippen molar-refractivity contribution in [2.45, 2.75) is 32.6 Å². The average molecular weight is 250 g/mol. The molecule has 0 aliphatic heterocycles. The molecule has 1 aromatic rings. The normalized spacial score (nSPS) is 10.3. The smallest absolute Gasteiger partial charge is 0.133 e. The fraction of sp³-hybridized carbons (Fsp3) is 0.533. The van der Waals surface area contributed by atoms with E-state index in [1.807, 2.05) is 31.2 Å². The standard InChI is InChI=1S/C15H22O3/c1-3-18-12-4-5-14(16)9-6-13-7-10-15(17-2)11-8-13/h7-8,10-11H,3-6,9,12H2,1-2H3. The molecule has 0 aromatic heterocycles. The zero-order valence-electron chi connectivity index (χ0n) is 11.3. The zero-order valence-corrected chi connectivity index (χ0v) is 11.3. The third-order valence-electron chi connectivity index (χ3n) is 2.80. The van der Waals surface area contributed by atoms with Gasteiger partial charge in [-0.25, -0.2) is 0 Å². The van der Waals surface area contributed by atoms with Gasteiger partial charge in [0.15, 0.2) is 0 Å². The molecule has 0 fully saturated rings. The highest BCUT2D eigenvalue weighted by atomic mass is 16.5. The summed E-state index contributed by atoms with van der Waals surface area (Å²) in [6.45, 7) is 3.37. The van der Waals surface area contributed by atoms with Gasteiger partial charge in [-0.2, -0.15) is 0 Å². The van der Waals surface area contributed by atoms with Gasteiger partial charge in [-0.15, -0.1) is 0 Å². The van der Waals surface area contributed by atoms with Crippen LogP contribution in [0, 0.1) is 0 Å². The number of carbonyl (C=O) groups is 1. The minimum atomic E-state index is 0.311. The van der Waals surface area contributed by atoms with E-state index in [0.717, 1.165) is 25.2 Å². The Morgan fingerprint density at radius 1 is 1.17 bits per heavy atom. The molecule has 0 saturated heterocycles. The van der Waals surface area contributed by atoms with Gasteiger partial charge in [0.1, 0.15) is 11.5 Å². The predicted molar refractivity (Wildman–Crippen MR) is 72.0 cm³/mol. The second-order valence-corrected chi connectivity index (χ2v) is 4.19. The molecule has 3 heteroatoms. The van der Waals surface area contributed by atoms with E-state index in [2.05, 4.69) is 0 Å². The maximum atomic E-state index is 11.6. The van der Waals surface area contributed by atoms with Crippen LogP contribution in [-0.4, -0.2) is 26.1 Å². The number of methoxy groups -OCH3 is 1. The summed E-state index contributed by atoms with van der Waals surface area (Å²) >= 11 is 0. The zero-order chi connectivity index (χ0) is 13.2. The number of hydrogen-bond acceptors (Lipinski definition) is 3. The van der Waals surface area contributed by atoms with E-state index in [4.69, 9.17) is 9.47 Å². The lowest BCUT2D eigenvalue weighted by Gasteiger charge is -2.04. The number of ether oxygens (including phenoxy) is 2. The number of hydrogen-bond donors (Lipinski definition) is 0. The van der Waals surface area contributed by atoms with Crippen LogP contribution < -0.4 is 4.74 Å². The number of rotatable bonds is 9. The molecule has 0 atom stereocenters. The van der Waals surface area contributed by atoms with E-state index in [1.54, 1.807) is 7.11 Å². The summed E-state index contributed by atoms with van der Waals surface area (Å²) in [5.74, 6) is 1.16.